The van der Waals surface area contributed by atoms with Crippen LogP contribution in [0.25, 0.3) is 0 Å². The second-order valence-corrected chi connectivity index (χ2v) is 12.7. The van der Waals surface area contributed by atoms with Crippen LogP contribution in [0.4, 0.5) is 0 Å². The lowest BCUT2D eigenvalue weighted by Gasteiger charge is -2.45. The Morgan fingerprint density at radius 1 is 1.17 bits per heavy atom. The van der Waals surface area contributed by atoms with E-state index in [2.05, 4.69) is 46.0 Å². The maximum Gasteiger partial charge on any atom is 0.163 e. The molecule has 0 heterocycles. The van der Waals surface area contributed by atoms with Crippen molar-refractivity contribution in [3.63, 3.8) is 0 Å². The van der Waals surface area contributed by atoms with Gasteiger partial charge in [-0.1, -0.05) is 58.1 Å². The molecule has 1 unspecified atom stereocenters. The van der Waals surface area contributed by atoms with E-state index in [1.54, 1.807) is 0 Å². The standard InChI is InChI=1S/C16H24OSi/c1-16(2,3)18(4,5)15-11-10-14(17)12-8-6-7-9-13(12)15/h6-9,15H,10-11H2,1-5H3. The molecule has 0 amide bonds. The molecule has 1 aromatic rings. The zero-order valence-corrected chi connectivity index (χ0v) is 13.2. The molecular weight excluding hydrogens is 236 g/mol. The summed E-state index contributed by atoms with van der Waals surface area (Å²) in [4.78, 5) is 12.0. The fraction of sp³-hybridized carbons (Fsp3) is 0.562. The van der Waals surface area contributed by atoms with E-state index in [1.165, 1.54) is 5.56 Å². The van der Waals surface area contributed by atoms with E-state index in [1.807, 2.05) is 12.1 Å². The molecule has 0 fully saturated rings. The molecular formula is C16H24OSi. The minimum absolute atomic E-state index is 0.334. The van der Waals surface area contributed by atoms with Crippen molar-refractivity contribution in [3.05, 3.63) is 35.4 Å². The molecule has 1 aromatic carbocycles. The highest BCUT2D eigenvalue weighted by Gasteiger charge is 2.44. The number of benzene rings is 1. The summed E-state index contributed by atoms with van der Waals surface area (Å²) in [6.07, 6.45) is 1.78. The monoisotopic (exact) mass is 260 g/mol. The topological polar surface area (TPSA) is 17.1 Å². The van der Waals surface area contributed by atoms with Gasteiger partial charge in [-0.3, -0.25) is 4.79 Å². The zero-order valence-electron chi connectivity index (χ0n) is 12.2. The summed E-state index contributed by atoms with van der Waals surface area (Å²) in [7, 11) is -1.44. The number of carbonyl (C=O) groups is 1. The Bertz CT molecular complexity index is 468. The Hall–Kier alpha value is -0.893. The molecule has 0 saturated carbocycles. The summed E-state index contributed by atoms with van der Waals surface area (Å²) >= 11 is 0. The number of Topliss-reactive ketones (excluding diaryl/α,β-unsaturated/α-hetero) is 1. The predicted molar refractivity (Wildman–Crippen MR) is 79.9 cm³/mol. The van der Waals surface area contributed by atoms with Gasteiger partial charge >= 0.3 is 0 Å². The molecule has 0 saturated heterocycles. The minimum atomic E-state index is -1.44. The summed E-state index contributed by atoms with van der Waals surface area (Å²) in [6, 6.07) is 8.26. The van der Waals surface area contributed by atoms with Gasteiger partial charge in [0, 0.05) is 12.0 Å². The predicted octanol–water partition coefficient (Wildman–Crippen LogP) is 4.79. The normalized spacial score (nSPS) is 20.7. The van der Waals surface area contributed by atoms with Crippen molar-refractivity contribution in [3.8, 4) is 0 Å². The van der Waals surface area contributed by atoms with Crippen molar-refractivity contribution in [2.45, 2.75) is 57.3 Å². The summed E-state index contributed by atoms with van der Waals surface area (Å²) in [6.45, 7) is 12.0. The molecule has 98 valence electrons. The van der Waals surface area contributed by atoms with Gasteiger partial charge in [0.25, 0.3) is 0 Å². The van der Waals surface area contributed by atoms with Crippen molar-refractivity contribution in [2.75, 3.05) is 0 Å². The lowest BCUT2D eigenvalue weighted by molar-refractivity contribution is 0.0971. The summed E-state index contributed by atoms with van der Waals surface area (Å²) in [5, 5.41) is 0.366. The van der Waals surface area contributed by atoms with E-state index in [9.17, 15) is 4.79 Å². The van der Waals surface area contributed by atoms with Crippen LogP contribution in [0.1, 0.15) is 55.1 Å². The number of hydrogen-bond acceptors (Lipinski definition) is 1. The molecule has 0 bridgehead atoms. The molecule has 0 radical (unpaired) electrons. The average Bonchev–Trinajstić information content (AvgIpc) is 2.28. The number of rotatable bonds is 1. The first kappa shape index (κ1) is 13.5. The third-order valence-electron chi connectivity index (χ3n) is 5.10. The van der Waals surface area contributed by atoms with E-state index < -0.39 is 8.07 Å². The average molecular weight is 260 g/mol. The highest BCUT2D eigenvalue weighted by molar-refractivity contribution is 6.81. The fourth-order valence-corrected chi connectivity index (χ4v) is 5.83. The van der Waals surface area contributed by atoms with Gasteiger partial charge in [-0.05, 0) is 22.6 Å². The third-order valence-corrected chi connectivity index (χ3v) is 11.3. The van der Waals surface area contributed by atoms with Gasteiger partial charge < -0.3 is 0 Å². The molecule has 2 rings (SSSR count). The first-order chi connectivity index (χ1) is 8.25. The molecule has 0 N–H and O–H groups in total. The molecule has 2 heteroatoms. The first-order valence-corrected chi connectivity index (χ1v) is 9.95. The van der Waals surface area contributed by atoms with Crippen LogP contribution in [0.3, 0.4) is 0 Å². The van der Waals surface area contributed by atoms with Crippen molar-refractivity contribution in [1.82, 2.24) is 0 Å². The van der Waals surface area contributed by atoms with Gasteiger partial charge in [0.1, 0.15) is 0 Å². The van der Waals surface area contributed by atoms with Gasteiger partial charge in [0.15, 0.2) is 5.78 Å². The highest BCUT2D eigenvalue weighted by atomic mass is 28.3. The zero-order chi connectivity index (χ0) is 13.6. The minimum Gasteiger partial charge on any atom is -0.294 e. The second kappa shape index (κ2) is 4.34. The smallest absolute Gasteiger partial charge is 0.163 e. The van der Waals surface area contributed by atoms with Gasteiger partial charge in [-0.15, -0.1) is 0 Å². The van der Waals surface area contributed by atoms with Crippen LogP contribution < -0.4 is 0 Å². The van der Waals surface area contributed by atoms with Crippen LogP contribution in [0.2, 0.25) is 18.1 Å². The van der Waals surface area contributed by atoms with E-state index in [4.69, 9.17) is 0 Å². The van der Waals surface area contributed by atoms with Crippen LogP contribution in [-0.4, -0.2) is 13.9 Å². The molecule has 1 atom stereocenters. The molecule has 0 aliphatic heterocycles. The van der Waals surface area contributed by atoms with Crippen molar-refractivity contribution in [1.29, 1.82) is 0 Å². The maximum atomic E-state index is 12.0. The highest BCUT2D eigenvalue weighted by Crippen LogP contribution is 2.48. The SMILES string of the molecule is CC(C)(C)[Si](C)(C)C1CCC(=O)c2ccccc21. The van der Waals surface area contributed by atoms with Crippen LogP contribution in [0.5, 0.6) is 0 Å². The number of ketones is 1. The Kier molecular flexibility index (Phi) is 3.26. The summed E-state index contributed by atoms with van der Waals surface area (Å²) < 4.78 is 0. The van der Waals surface area contributed by atoms with Crippen LogP contribution in [0, 0.1) is 0 Å². The Morgan fingerprint density at radius 3 is 2.39 bits per heavy atom. The Balaban J connectivity index is 2.50. The maximum absolute atomic E-state index is 12.0. The lowest BCUT2D eigenvalue weighted by atomic mass is 9.90. The number of fused-ring (bicyclic) bond motifs is 1. The Labute approximate surface area is 112 Å². The van der Waals surface area contributed by atoms with Crippen LogP contribution in [0.15, 0.2) is 24.3 Å². The fourth-order valence-electron chi connectivity index (χ4n) is 2.89. The van der Waals surface area contributed by atoms with E-state index in [0.717, 1.165) is 18.4 Å². The van der Waals surface area contributed by atoms with Gasteiger partial charge in [-0.25, -0.2) is 0 Å². The van der Waals surface area contributed by atoms with E-state index >= 15 is 0 Å². The second-order valence-electron chi connectivity index (χ2n) is 7.07. The van der Waals surface area contributed by atoms with Crippen molar-refractivity contribution in [2.24, 2.45) is 0 Å². The lowest BCUT2D eigenvalue weighted by Crippen LogP contribution is -2.45. The van der Waals surface area contributed by atoms with E-state index in [0.29, 0.717) is 16.4 Å². The quantitative estimate of drug-likeness (QED) is 0.663. The summed E-state index contributed by atoms with van der Waals surface area (Å²) in [5.41, 5.74) is 2.92. The van der Waals surface area contributed by atoms with Crippen molar-refractivity contribution < 1.29 is 4.79 Å². The molecule has 1 aliphatic rings. The van der Waals surface area contributed by atoms with Gasteiger partial charge in [0.2, 0.25) is 0 Å². The number of hydrogen-bond donors (Lipinski definition) is 0. The van der Waals surface area contributed by atoms with E-state index in [-0.39, 0.29) is 0 Å². The molecule has 0 spiro atoms. The Morgan fingerprint density at radius 2 is 1.78 bits per heavy atom. The molecule has 18 heavy (non-hydrogen) atoms. The largest absolute Gasteiger partial charge is 0.294 e. The summed E-state index contributed by atoms with van der Waals surface area (Å²) in [5.74, 6) is 0.334. The van der Waals surface area contributed by atoms with Crippen molar-refractivity contribution >= 4 is 13.9 Å². The number of carbonyl (C=O) groups excluding carboxylic acids is 1. The third kappa shape index (κ3) is 2.07. The molecule has 1 nitrogen and oxygen atoms in total. The molecule has 0 aromatic heterocycles. The van der Waals surface area contributed by atoms with Crippen LogP contribution >= 0.6 is 0 Å². The van der Waals surface area contributed by atoms with Gasteiger partial charge in [-0.2, -0.15) is 0 Å². The van der Waals surface area contributed by atoms with Gasteiger partial charge in [0.05, 0.1) is 8.07 Å². The molecule has 1 aliphatic carbocycles. The van der Waals surface area contributed by atoms with Crippen LogP contribution in [-0.2, 0) is 0 Å². The first-order valence-electron chi connectivity index (χ1n) is 6.87.